The molecular formula is C29H30N4O2S. The van der Waals surface area contributed by atoms with E-state index >= 15 is 0 Å². The molecule has 2 N–H and O–H groups in total. The van der Waals surface area contributed by atoms with E-state index in [0.29, 0.717) is 25.2 Å². The number of aromatic amines is 1. The molecule has 2 amide bonds. The van der Waals surface area contributed by atoms with Gasteiger partial charge in [-0.3, -0.25) is 14.6 Å². The Balaban J connectivity index is 1.20. The van der Waals surface area contributed by atoms with E-state index in [4.69, 9.17) is 4.98 Å². The summed E-state index contributed by atoms with van der Waals surface area (Å²) in [6.07, 6.45) is 7.89. The van der Waals surface area contributed by atoms with Crippen molar-refractivity contribution in [1.29, 1.82) is 0 Å². The van der Waals surface area contributed by atoms with Crippen molar-refractivity contribution in [2.45, 2.75) is 32.1 Å². The van der Waals surface area contributed by atoms with Crippen molar-refractivity contribution >= 4 is 40.1 Å². The first-order chi connectivity index (χ1) is 17.6. The summed E-state index contributed by atoms with van der Waals surface area (Å²) in [5.74, 6) is 0.105. The Kier molecular flexibility index (Phi) is 7.28. The molecule has 0 unspecified atom stereocenters. The Labute approximate surface area is 215 Å². The fraction of sp³-hybridized carbons (Fsp3) is 0.276. The van der Waals surface area contributed by atoms with Gasteiger partial charge in [0.25, 0.3) is 5.91 Å². The van der Waals surface area contributed by atoms with E-state index in [2.05, 4.69) is 22.4 Å². The number of piperidine rings is 1. The number of amides is 2. The van der Waals surface area contributed by atoms with Gasteiger partial charge in [0.15, 0.2) is 0 Å². The van der Waals surface area contributed by atoms with Gasteiger partial charge in [-0.25, -0.2) is 0 Å². The molecule has 36 heavy (non-hydrogen) atoms. The van der Waals surface area contributed by atoms with Crippen LogP contribution in [0.25, 0.3) is 17.0 Å². The van der Waals surface area contributed by atoms with Gasteiger partial charge >= 0.3 is 0 Å². The lowest BCUT2D eigenvalue weighted by Crippen LogP contribution is -2.37. The van der Waals surface area contributed by atoms with Crippen molar-refractivity contribution in [2.24, 2.45) is 0 Å². The number of aromatic nitrogens is 2. The van der Waals surface area contributed by atoms with Gasteiger partial charge in [-0.1, -0.05) is 24.3 Å². The van der Waals surface area contributed by atoms with Crippen LogP contribution in [0.2, 0.25) is 0 Å². The first-order valence-corrected chi connectivity index (χ1v) is 13.3. The standard InChI is InChI=1S/C29H30N4O2S/c1-20-8-10-25(29(35)30-15-12-22-19-31-26-7-3-2-6-24(22)26)28(32-20)21-13-16-33(17-14-21)27(34)11-9-23-5-4-18-36-23/h2-11,18-19,21,31H,12-17H2,1H3,(H,30,35). The van der Waals surface area contributed by atoms with Gasteiger partial charge in [-0.15, -0.1) is 11.3 Å². The molecule has 4 aromatic rings. The van der Waals surface area contributed by atoms with Crippen LogP contribution >= 0.6 is 11.3 Å². The summed E-state index contributed by atoms with van der Waals surface area (Å²) in [4.78, 5) is 36.8. The summed E-state index contributed by atoms with van der Waals surface area (Å²) in [5.41, 5.74) is 4.69. The molecule has 7 heteroatoms. The van der Waals surface area contributed by atoms with Crippen LogP contribution in [0.15, 0.2) is 66.2 Å². The maximum absolute atomic E-state index is 13.2. The summed E-state index contributed by atoms with van der Waals surface area (Å²) in [7, 11) is 0. The van der Waals surface area contributed by atoms with Crippen LogP contribution in [-0.4, -0.2) is 46.3 Å². The minimum Gasteiger partial charge on any atom is -0.361 e. The average molecular weight is 499 g/mol. The summed E-state index contributed by atoms with van der Waals surface area (Å²) in [6, 6.07) is 16.0. The molecule has 0 saturated carbocycles. The van der Waals surface area contributed by atoms with Crippen molar-refractivity contribution < 1.29 is 9.59 Å². The van der Waals surface area contributed by atoms with Crippen molar-refractivity contribution in [1.82, 2.24) is 20.2 Å². The number of para-hydroxylation sites is 1. The largest absolute Gasteiger partial charge is 0.361 e. The van der Waals surface area contributed by atoms with Crippen LogP contribution in [0, 0.1) is 6.92 Å². The minimum atomic E-state index is -0.0882. The number of nitrogens with zero attached hydrogens (tertiary/aromatic N) is 2. The lowest BCUT2D eigenvalue weighted by atomic mass is 9.89. The van der Waals surface area contributed by atoms with Gasteiger partial charge in [0.05, 0.1) is 11.3 Å². The molecule has 6 nitrogen and oxygen atoms in total. The zero-order chi connectivity index (χ0) is 24.9. The van der Waals surface area contributed by atoms with Crippen molar-refractivity contribution in [3.05, 3.63) is 93.6 Å². The maximum Gasteiger partial charge on any atom is 0.253 e. The van der Waals surface area contributed by atoms with Gasteiger partial charge in [-0.2, -0.15) is 0 Å². The second-order valence-corrected chi connectivity index (χ2v) is 10.2. The minimum absolute atomic E-state index is 0.0364. The molecule has 0 atom stereocenters. The molecule has 0 spiro atoms. The second kappa shape index (κ2) is 10.9. The number of rotatable bonds is 7. The van der Waals surface area contributed by atoms with E-state index < -0.39 is 0 Å². The molecule has 4 heterocycles. The number of H-pyrrole nitrogens is 1. The van der Waals surface area contributed by atoms with E-state index in [1.54, 1.807) is 17.4 Å². The quantitative estimate of drug-likeness (QED) is 0.338. The number of aryl methyl sites for hydroxylation is 1. The molecule has 1 aliphatic rings. The monoisotopic (exact) mass is 498 g/mol. The average Bonchev–Trinajstić information content (AvgIpc) is 3.57. The first-order valence-electron chi connectivity index (χ1n) is 12.4. The molecule has 1 fully saturated rings. The Morgan fingerprint density at radius 2 is 1.97 bits per heavy atom. The number of likely N-dealkylation sites (tertiary alicyclic amines) is 1. The lowest BCUT2D eigenvalue weighted by Gasteiger charge is -2.32. The Hall–Kier alpha value is -3.71. The highest BCUT2D eigenvalue weighted by atomic mass is 32.1. The molecule has 3 aromatic heterocycles. The summed E-state index contributed by atoms with van der Waals surface area (Å²) >= 11 is 1.61. The fourth-order valence-corrected chi connectivity index (χ4v) is 5.46. The zero-order valence-corrected chi connectivity index (χ0v) is 21.2. The third-order valence-electron chi connectivity index (χ3n) is 6.79. The number of carbonyl (C=O) groups is 2. The summed E-state index contributed by atoms with van der Waals surface area (Å²) in [6.45, 7) is 3.83. The number of pyridine rings is 1. The van der Waals surface area contributed by atoms with E-state index in [9.17, 15) is 9.59 Å². The molecule has 1 aromatic carbocycles. The predicted octanol–water partition coefficient (Wildman–Crippen LogP) is 5.32. The number of nitrogens with one attached hydrogen (secondary N) is 2. The Morgan fingerprint density at radius 3 is 2.78 bits per heavy atom. The van der Waals surface area contributed by atoms with E-state index in [1.165, 1.54) is 10.9 Å². The lowest BCUT2D eigenvalue weighted by molar-refractivity contribution is -0.127. The molecule has 0 aliphatic carbocycles. The van der Waals surface area contributed by atoms with Crippen molar-refractivity contribution in [2.75, 3.05) is 19.6 Å². The van der Waals surface area contributed by atoms with Gasteiger partial charge in [-0.05, 0) is 67.5 Å². The Morgan fingerprint density at radius 1 is 1.14 bits per heavy atom. The maximum atomic E-state index is 13.2. The van der Waals surface area contributed by atoms with E-state index in [-0.39, 0.29) is 17.7 Å². The molecule has 5 rings (SSSR count). The third-order valence-corrected chi connectivity index (χ3v) is 7.63. The number of hydrogen-bond acceptors (Lipinski definition) is 4. The van der Waals surface area contributed by atoms with Gasteiger partial charge in [0, 0.05) is 59.3 Å². The normalized spacial score (nSPS) is 14.5. The second-order valence-electron chi connectivity index (χ2n) is 9.20. The molecule has 0 radical (unpaired) electrons. The van der Waals surface area contributed by atoms with Crippen LogP contribution < -0.4 is 5.32 Å². The molecule has 184 valence electrons. The van der Waals surface area contributed by atoms with Gasteiger partial charge < -0.3 is 15.2 Å². The molecular weight excluding hydrogens is 468 g/mol. The zero-order valence-electron chi connectivity index (χ0n) is 20.4. The van der Waals surface area contributed by atoms with E-state index in [1.807, 2.05) is 65.9 Å². The topological polar surface area (TPSA) is 78.1 Å². The molecule has 1 saturated heterocycles. The number of hydrogen-bond donors (Lipinski definition) is 2. The van der Waals surface area contributed by atoms with Crippen molar-refractivity contribution in [3.63, 3.8) is 0 Å². The highest BCUT2D eigenvalue weighted by Crippen LogP contribution is 2.30. The van der Waals surface area contributed by atoms with Crippen molar-refractivity contribution in [3.8, 4) is 0 Å². The molecule has 1 aliphatic heterocycles. The smallest absolute Gasteiger partial charge is 0.253 e. The fourth-order valence-electron chi connectivity index (χ4n) is 4.84. The number of fused-ring (bicyclic) bond motifs is 1. The van der Waals surface area contributed by atoms with Gasteiger partial charge in [0.2, 0.25) is 5.91 Å². The molecule has 0 bridgehead atoms. The van der Waals surface area contributed by atoms with Crippen LogP contribution in [0.5, 0.6) is 0 Å². The first kappa shape index (κ1) is 24.0. The van der Waals surface area contributed by atoms with Gasteiger partial charge in [0.1, 0.15) is 0 Å². The number of thiophene rings is 1. The SMILES string of the molecule is Cc1ccc(C(=O)NCCc2c[nH]c3ccccc23)c(C2CCN(C(=O)C=Cc3cccs3)CC2)n1. The number of benzene rings is 1. The summed E-state index contributed by atoms with van der Waals surface area (Å²) in [5, 5.41) is 6.28. The number of carbonyl (C=O) groups excluding carboxylic acids is 2. The predicted molar refractivity (Wildman–Crippen MR) is 145 cm³/mol. The summed E-state index contributed by atoms with van der Waals surface area (Å²) < 4.78 is 0. The van der Waals surface area contributed by atoms with Crippen LogP contribution in [0.4, 0.5) is 0 Å². The van der Waals surface area contributed by atoms with Crippen LogP contribution in [0.1, 0.15) is 50.9 Å². The Bertz CT molecular complexity index is 1380. The third kappa shape index (κ3) is 5.41. The highest BCUT2D eigenvalue weighted by molar-refractivity contribution is 7.10. The van der Waals surface area contributed by atoms with E-state index in [0.717, 1.165) is 41.0 Å². The van der Waals surface area contributed by atoms with Crippen LogP contribution in [0.3, 0.4) is 0 Å². The van der Waals surface area contributed by atoms with Crippen LogP contribution in [-0.2, 0) is 11.2 Å². The highest BCUT2D eigenvalue weighted by Gasteiger charge is 2.27.